The lowest BCUT2D eigenvalue weighted by atomic mass is 10.3. The number of hydrogen-bond acceptors (Lipinski definition) is 2. The highest BCUT2D eigenvalue weighted by Gasteiger charge is 2.13. The number of carbonyl (C=O) groups is 1. The maximum Gasteiger partial charge on any atom is 0.372 e. The van der Waals surface area contributed by atoms with Crippen molar-refractivity contribution in [3.05, 3.63) is 29.0 Å². The second-order valence-electron chi connectivity index (χ2n) is 2.93. The van der Waals surface area contributed by atoms with Crippen LogP contribution >= 0.6 is 11.6 Å². The molecule has 0 fully saturated rings. The molecule has 72 valence electrons. The zero-order valence-electron chi connectivity index (χ0n) is 7.36. The van der Waals surface area contributed by atoms with Crippen molar-refractivity contribution in [1.82, 2.24) is 9.55 Å². The van der Waals surface area contributed by atoms with Crippen molar-refractivity contribution in [2.75, 3.05) is 0 Å². The molecular formula is C9H7ClN2O2. The van der Waals surface area contributed by atoms with E-state index in [0.717, 1.165) is 5.52 Å². The minimum absolute atomic E-state index is 0.0160. The molecule has 1 aromatic carbocycles. The normalized spacial score (nSPS) is 10.7. The summed E-state index contributed by atoms with van der Waals surface area (Å²) in [4.78, 5) is 14.7. The summed E-state index contributed by atoms with van der Waals surface area (Å²) in [5, 5.41) is 9.37. The Morgan fingerprint density at radius 3 is 2.93 bits per heavy atom. The van der Waals surface area contributed by atoms with E-state index in [1.54, 1.807) is 25.2 Å². The fourth-order valence-electron chi connectivity index (χ4n) is 1.36. The van der Waals surface area contributed by atoms with Gasteiger partial charge in [-0.05, 0) is 18.2 Å². The predicted octanol–water partition coefficient (Wildman–Crippen LogP) is 1.92. The molecule has 1 aromatic heterocycles. The van der Waals surface area contributed by atoms with E-state index in [9.17, 15) is 4.79 Å². The number of benzene rings is 1. The van der Waals surface area contributed by atoms with E-state index in [1.165, 1.54) is 4.57 Å². The molecule has 0 saturated heterocycles. The van der Waals surface area contributed by atoms with Crippen molar-refractivity contribution in [2.24, 2.45) is 7.05 Å². The first-order valence-electron chi connectivity index (χ1n) is 3.95. The average molecular weight is 211 g/mol. The van der Waals surface area contributed by atoms with Gasteiger partial charge in [-0.3, -0.25) is 0 Å². The molecular weight excluding hydrogens is 204 g/mol. The molecule has 0 atom stereocenters. The zero-order valence-corrected chi connectivity index (χ0v) is 8.12. The van der Waals surface area contributed by atoms with E-state index in [1.807, 2.05) is 0 Å². The summed E-state index contributed by atoms with van der Waals surface area (Å²) in [6.07, 6.45) is 0. The fraction of sp³-hybridized carbons (Fsp3) is 0.111. The Morgan fingerprint density at radius 1 is 1.57 bits per heavy atom. The number of carboxylic acid groups (broad SMARTS) is 1. The second kappa shape index (κ2) is 2.99. The molecule has 2 rings (SSSR count). The molecule has 0 radical (unpaired) electrons. The van der Waals surface area contributed by atoms with Crippen molar-refractivity contribution in [3.63, 3.8) is 0 Å². The maximum absolute atomic E-state index is 10.8. The zero-order chi connectivity index (χ0) is 10.3. The van der Waals surface area contributed by atoms with Crippen LogP contribution in [0.1, 0.15) is 10.6 Å². The average Bonchev–Trinajstić information content (AvgIpc) is 2.43. The molecule has 14 heavy (non-hydrogen) atoms. The van der Waals surface area contributed by atoms with Gasteiger partial charge < -0.3 is 9.67 Å². The van der Waals surface area contributed by atoms with E-state index in [2.05, 4.69) is 4.98 Å². The molecule has 2 aromatic rings. The molecule has 0 amide bonds. The van der Waals surface area contributed by atoms with Crippen LogP contribution in [0.5, 0.6) is 0 Å². The van der Waals surface area contributed by atoms with Crippen molar-refractivity contribution >= 4 is 28.6 Å². The van der Waals surface area contributed by atoms with Crippen molar-refractivity contribution in [3.8, 4) is 0 Å². The van der Waals surface area contributed by atoms with Crippen molar-refractivity contribution in [2.45, 2.75) is 0 Å². The van der Waals surface area contributed by atoms with Gasteiger partial charge in [0.15, 0.2) is 0 Å². The van der Waals surface area contributed by atoms with Gasteiger partial charge in [-0.2, -0.15) is 0 Å². The minimum atomic E-state index is -1.04. The minimum Gasteiger partial charge on any atom is -0.475 e. The number of rotatable bonds is 1. The van der Waals surface area contributed by atoms with E-state index >= 15 is 0 Å². The smallest absolute Gasteiger partial charge is 0.372 e. The third-order valence-corrected chi connectivity index (χ3v) is 2.27. The Labute approximate surface area is 84.7 Å². The van der Waals surface area contributed by atoms with Crippen LogP contribution in [-0.2, 0) is 7.05 Å². The van der Waals surface area contributed by atoms with E-state index in [0.29, 0.717) is 10.5 Å². The second-order valence-corrected chi connectivity index (χ2v) is 3.37. The Hall–Kier alpha value is -1.55. The van der Waals surface area contributed by atoms with Crippen molar-refractivity contribution < 1.29 is 9.90 Å². The predicted molar refractivity (Wildman–Crippen MR) is 52.7 cm³/mol. The molecule has 0 unspecified atom stereocenters. The molecule has 0 bridgehead atoms. The van der Waals surface area contributed by atoms with Crippen molar-refractivity contribution in [1.29, 1.82) is 0 Å². The number of fused-ring (bicyclic) bond motifs is 1. The number of aromatic carboxylic acids is 1. The largest absolute Gasteiger partial charge is 0.475 e. The molecule has 0 aliphatic heterocycles. The highest BCUT2D eigenvalue weighted by Crippen LogP contribution is 2.19. The third-order valence-electron chi connectivity index (χ3n) is 2.03. The fourth-order valence-corrected chi connectivity index (χ4v) is 1.53. The number of imidazole rings is 1. The molecule has 5 heteroatoms. The summed E-state index contributed by atoms with van der Waals surface area (Å²) in [6.45, 7) is 0. The third kappa shape index (κ3) is 1.24. The van der Waals surface area contributed by atoms with Gasteiger partial charge >= 0.3 is 5.97 Å². The highest BCUT2D eigenvalue weighted by molar-refractivity contribution is 6.31. The molecule has 0 saturated carbocycles. The number of carboxylic acids is 1. The van der Waals surface area contributed by atoms with Crippen LogP contribution in [0.3, 0.4) is 0 Å². The maximum atomic E-state index is 10.8. The highest BCUT2D eigenvalue weighted by atomic mass is 35.5. The van der Waals surface area contributed by atoms with Crippen LogP contribution in [0.15, 0.2) is 18.2 Å². The standard InChI is InChI=1S/C9H7ClN2O2/c1-12-7-3-2-5(10)4-6(7)11-8(12)9(13)14/h2-4H,1H3,(H,13,14). The monoisotopic (exact) mass is 210 g/mol. The quantitative estimate of drug-likeness (QED) is 0.783. The first-order valence-corrected chi connectivity index (χ1v) is 4.32. The van der Waals surface area contributed by atoms with Crippen LogP contribution in [-0.4, -0.2) is 20.6 Å². The number of aryl methyl sites for hydroxylation is 1. The lowest BCUT2D eigenvalue weighted by Gasteiger charge is -1.95. The Bertz CT molecular complexity index is 519. The molecule has 1 heterocycles. The van der Waals surface area contributed by atoms with E-state index in [-0.39, 0.29) is 5.82 Å². The Morgan fingerprint density at radius 2 is 2.29 bits per heavy atom. The lowest BCUT2D eigenvalue weighted by Crippen LogP contribution is -2.05. The molecule has 4 nitrogen and oxygen atoms in total. The summed E-state index contributed by atoms with van der Waals surface area (Å²) < 4.78 is 1.52. The summed E-state index contributed by atoms with van der Waals surface area (Å²) in [5.41, 5.74) is 1.35. The topological polar surface area (TPSA) is 55.1 Å². The van der Waals surface area contributed by atoms with Crippen LogP contribution in [0, 0.1) is 0 Å². The summed E-state index contributed by atoms with van der Waals surface area (Å²) >= 11 is 5.76. The van der Waals surface area contributed by atoms with Gasteiger partial charge in [0.05, 0.1) is 11.0 Å². The van der Waals surface area contributed by atoms with Crippen LogP contribution in [0.25, 0.3) is 11.0 Å². The van der Waals surface area contributed by atoms with Crippen LogP contribution in [0.4, 0.5) is 0 Å². The summed E-state index contributed by atoms with van der Waals surface area (Å²) in [6, 6.07) is 5.09. The van der Waals surface area contributed by atoms with Gasteiger partial charge in [-0.15, -0.1) is 0 Å². The SMILES string of the molecule is Cn1c(C(=O)O)nc2cc(Cl)ccc21. The first kappa shape index (κ1) is 9.02. The van der Waals surface area contributed by atoms with Gasteiger partial charge in [-0.1, -0.05) is 11.6 Å². The van der Waals surface area contributed by atoms with Crippen LogP contribution in [0.2, 0.25) is 5.02 Å². The summed E-state index contributed by atoms with van der Waals surface area (Å²) in [7, 11) is 1.66. The van der Waals surface area contributed by atoms with Gasteiger partial charge in [0, 0.05) is 12.1 Å². The Kier molecular flexibility index (Phi) is 1.93. The number of aromatic nitrogens is 2. The number of hydrogen-bond donors (Lipinski definition) is 1. The Balaban J connectivity index is 2.79. The van der Waals surface area contributed by atoms with E-state index < -0.39 is 5.97 Å². The van der Waals surface area contributed by atoms with Gasteiger partial charge in [0.1, 0.15) is 0 Å². The number of halogens is 1. The molecule has 0 aliphatic rings. The van der Waals surface area contributed by atoms with E-state index in [4.69, 9.17) is 16.7 Å². The summed E-state index contributed by atoms with van der Waals surface area (Å²) in [5.74, 6) is -1.03. The van der Waals surface area contributed by atoms with Gasteiger partial charge in [-0.25, -0.2) is 9.78 Å². The van der Waals surface area contributed by atoms with Gasteiger partial charge in [0.2, 0.25) is 5.82 Å². The lowest BCUT2D eigenvalue weighted by molar-refractivity contribution is 0.0680. The molecule has 0 spiro atoms. The van der Waals surface area contributed by atoms with Crippen LogP contribution < -0.4 is 0 Å². The first-order chi connectivity index (χ1) is 6.59. The molecule has 0 aliphatic carbocycles. The van der Waals surface area contributed by atoms with Gasteiger partial charge in [0.25, 0.3) is 0 Å². The molecule has 1 N–H and O–H groups in total. The number of nitrogens with zero attached hydrogens (tertiary/aromatic N) is 2.